The van der Waals surface area contributed by atoms with Crippen molar-refractivity contribution >= 4 is 34.6 Å². The Bertz CT molecular complexity index is 961. The predicted molar refractivity (Wildman–Crippen MR) is 119 cm³/mol. The lowest BCUT2D eigenvalue weighted by molar-refractivity contribution is -0.122. The van der Waals surface area contributed by atoms with Gasteiger partial charge < -0.3 is 18.9 Å². The molecule has 0 atom stereocenters. The minimum Gasteiger partial charge on any atom is -0.497 e. The van der Waals surface area contributed by atoms with Crippen molar-refractivity contribution in [1.29, 1.82) is 0 Å². The number of aliphatic imine (C=N–C) groups is 1. The van der Waals surface area contributed by atoms with E-state index >= 15 is 0 Å². The van der Waals surface area contributed by atoms with Crippen molar-refractivity contribution in [2.75, 3.05) is 35.0 Å². The number of benzene rings is 2. The number of amides is 1. The molecule has 2 aromatic rings. The predicted octanol–water partition coefficient (Wildman–Crippen LogP) is 4.34. The Morgan fingerprint density at radius 3 is 2.10 bits per heavy atom. The molecule has 8 heteroatoms. The maximum Gasteiger partial charge on any atom is 0.266 e. The molecular formula is C22H24N2O5S. The third kappa shape index (κ3) is 4.38. The second-order valence-electron chi connectivity index (χ2n) is 6.21. The van der Waals surface area contributed by atoms with Gasteiger partial charge in [0, 0.05) is 6.54 Å². The van der Waals surface area contributed by atoms with E-state index in [1.165, 1.54) is 11.8 Å². The molecule has 0 unspecified atom stereocenters. The molecule has 3 rings (SSSR count). The second kappa shape index (κ2) is 9.58. The summed E-state index contributed by atoms with van der Waals surface area (Å²) >= 11 is 1.33. The molecule has 1 saturated heterocycles. The highest BCUT2D eigenvalue weighted by Crippen LogP contribution is 2.40. The van der Waals surface area contributed by atoms with Crippen LogP contribution in [0.3, 0.4) is 0 Å². The van der Waals surface area contributed by atoms with Crippen LogP contribution in [0.25, 0.3) is 6.08 Å². The summed E-state index contributed by atoms with van der Waals surface area (Å²) in [4.78, 5) is 19.8. The van der Waals surface area contributed by atoms with Gasteiger partial charge in [-0.3, -0.25) is 9.69 Å². The van der Waals surface area contributed by atoms with Gasteiger partial charge in [0.05, 0.1) is 39.0 Å². The Morgan fingerprint density at radius 1 is 0.967 bits per heavy atom. The molecule has 1 amide bonds. The van der Waals surface area contributed by atoms with Crippen LogP contribution >= 0.6 is 11.8 Å². The number of ether oxygens (including phenoxy) is 4. The van der Waals surface area contributed by atoms with E-state index in [0.29, 0.717) is 33.9 Å². The summed E-state index contributed by atoms with van der Waals surface area (Å²) in [6.07, 6.45) is 1.80. The molecule has 0 bridgehead atoms. The van der Waals surface area contributed by atoms with Crippen LogP contribution in [0.15, 0.2) is 46.3 Å². The van der Waals surface area contributed by atoms with Crippen molar-refractivity contribution in [3.63, 3.8) is 0 Å². The van der Waals surface area contributed by atoms with E-state index in [0.717, 1.165) is 17.0 Å². The smallest absolute Gasteiger partial charge is 0.266 e. The summed E-state index contributed by atoms with van der Waals surface area (Å²) in [5, 5.41) is 0.631. The molecule has 1 fully saturated rings. The van der Waals surface area contributed by atoms with E-state index in [1.54, 1.807) is 51.5 Å². The topological polar surface area (TPSA) is 69.6 Å². The fourth-order valence-corrected chi connectivity index (χ4v) is 4.04. The Morgan fingerprint density at radius 2 is 1.60 bits per heavy atom. The zero-order valence-corrected chi connectivity index (χ0v) is 18.4. The molecule has 0 aromatic heterocycles. The molecule has 0 N–H and O–H groups in total. The molecule has 1 aliphatic rings. The van der Waals surface area contributed by atoms with E-state index in [9.17, 15) is 4.79 Å². The second-order valence-corrected chi connectivity index (χ2v) is 7.22. The van der Waals surface area contributed by atoms with Crippen molar-refractivity contribution < 1.29 is 23.7 Å². The molecule has 2 aromatic carbocycles. The highest BCUT2D eigenvalue weighted by molar-refractivity contribution is 8.18. The molecule has 0 saturated carbocycles. The minimum atomic E-state index is -0.0940. The van der Waals surface area contributed by atoms with E-state index < -0.39 is 0 Å². The van der Waals surface area contributed by atoms with Gasteiger partial charge in [-0.15, -0.1) is 0 Å². The van der Waals surface area contributed by atoms with Crippen molar-refractivity contribution in [3.8, 4) is 23.0 Å². The summed E-state index contributed by atoms with van der Waals surface area (Å²) in [7, 11) is 6.28. The van der Waals surface area contributed by atoms with Gasteiger partial charge in [-0.05, 0) is 66.7 Å². The normalized spacial score (nSPS) is 16.3. The number of hydrogen-bond acceptors (Lipinski definition) is 7. The SMILES string of the molecule is CCN1C(=O)C(=Cc2cc(OC)c(OC)c(OC)c2)SC1=Nc1ccc(OC)cc1. The largest absolute Gasteiger partial charge is 0.497 e. The molecule has 30 heavy (non-hydrogen) atoms. The summed E-state index contributed by atoms with van der Waals surface area (Å²) in [6.45, 7) is 2.44. The zero-order valence-electron chi connectivity index (χ0n) is 17.6. The first kappa shape index (κ1) is 21.6. The number of carbonyl (C=O) groups is 1. The summed E-state index contributed by atoms with van der Waals surface area (Å²) in [5.41, 5.74) is 1.51. The van der Waals surface area contributed by atoms with Crippen LogP contribution in [-0.2, 0) is 4.79 Å². The van der Waals surface area contributed by atoms with E-state index in [1.807, 2.05) is 31.2 Å². The van der Waals surface area contributed by atoms with Crippen molar-refractivity contribution in [2.24, 2.45) is 4.99 Å². The van der Waals surface area contributed by atoms with Crippen LogP contribution in [0.1, 0.15) is 12.5 Å². The first-order valence-corrected chi connectivity index (χ1v) is 10.1. The Kier molecular flexibility index (Phi) is 6.89. The molecule has 1 aliphatic heterocycles. The lowest BCUT2D eigenvalue weighted by Crippen LogP contribution is -2.28. The van der Waals surface area contributed by atoms with Crippen molar-refractivity contribution in [3.05, 3.63) is 46.9 Å². The monoisotopic (exact) mass is 428 g/mol. The van der Waals surface area contributed by atoms with Gasteiger partial charge in [-0.1, -0.05) is 0 Å². The van der Waals surface area contributed by atoms with Crippen LogP contribution in [0, 0.1) is 0 Å². The lowest BCUT2D eigenvalue weighted by atomic mass is 10.1. The summed E-state index contributed by atoms with van der Waals surface area (Å²) in [5.74, 6) is 2.22. The molecule has 7 nitrogen and oxygen atoms in total. The van der Waals surface area contributed by atoms with Crippen LogP contribution in [0.2, 0.25) is 0 Å². The van der Waals surface area contributed by atoms with Crippen LogP contribution < -0.4 is 18.9 Å². The lowest BCUT2D eigenvalue weighted by Gasteiger charge is -2.13. The highest BCUT2D eigenvalue weighted by Gasteiger charge is 2.32. The third-order valence-corrected chi connectivity index (χ3v) is 5.49. The first-order valence-electron chi connectivity index (χ1n) is 9.28. The van der Waals surface area contributed by atoms with Gasteiger partial charge in [0.25, 0.3) is 5.91 Å². The molecule has 0 spiro atoms. The fourth-order valence-electron chi connectivity index (χ4n) is 2.97. The highest BCUT2D eigenvalue weighted by atomic mass is 32.2. The molecular weight excluding hydrogens is 404 g/mol. The number of nitrogens with zero attached hydrogens (tertiary/aromatic N) is 2. The molecule has 0 aliphatic carbocycles. The van der Waals surface area contributed by atoms with Gasteiger partial charge in [0.1, 0.15) is 5.75 Å². The Balaban J connectivity index is 1.96. The number of methoxy groups -OCH3 is 4. The van der Waals surface area contributed by atoms with Gasteiger partial charge in [-0.25, -0.2) is 4.99 Å². The Hall–Kier alpha value is -3.13. The van der Waals surface area contributed by atoms with E-state index in [4.69, 9.17) is 18.9 Å². The fraction of sp³-hybridized carbons (Fsp3) is 0.273. The van der Waals surface area contributed by atoms with Gasteiger partial charge >= 0.3 is 0 Å². The summed E-state index contributed by atoms with van der Waals surface area (Å²) < 4.78 is 21.3. The van der Waals surface area contributed by atoms with Crippen molar-refractivity contribution in [2.45, 2.75) is 6.92 Å². The number of hydrogen-bond donors (Lipinski definition) is 0. The quantitative estimate of drug-likeness (QED) is 0.611. The number of thioether (sulfide) groups is 1. The zero-order chi connectivity index (χ0) is 21.7. The summed E-state index contributed by atoms with van der Waals surface area (Å²) in [6, 6.07) is 11.0. The standard InChI is InChI=1S/C22H24N2O5S/c1-6-24-21(25)19(30-22(24)23-15-7-9-16(26-2)10-8-15)13-14-11-17(27-3)20(29-5)18(12-14)28-4/h7-13H,6H2,1-5H3. The van der Waals surface area contributed by atoms with Crippen molar-refractivity contribution in [1.82, 2.24) is 4.90 Å². The third-order valence-electron chi connectivity index (χ3n) is 4.49. The minimum absolute atomic E-state index is 0.0940. The van der Waals surface area contributed by atoms with Crippen LogP contribution in [-0.4, -0.2) is 51.0 Å². The van der Waals surface area contributed by atoms with Crippen LogP contribution in [0.4, 0.5) is 5.69 Å². The maximum atomic E-state index is 12.9. The average Bonchev–Trinajstić information content (AvgIpc) is 3.07. The van der Waals surface area contributed by atoms with Gasteiger partial charge in [0.15, 0.2) is 16.7 Å². The van der Waals surface area contributed by atoms with E-state index in [-0.39, 0.29) is 5.91 Å². The maximum absolute atomic E-state index is 12.9. The Labute approximate surface area is 180 Å². The number of likely N-dealkylation sites (N-methyl/N-ethyl adjacent to an activating group) is 1. The van der Waals surface area contributed by atoms with Gasteiger partial charge in [0.2, 0.25) is 5.75 Å². The first-order chi connectivity index (χ1) is 14.5. The average molecular weight is 429 g/mol. The number of amidine groups is 1. The molecule has 1 heterocycles. The van der Waals surface area contributed by atoms with Gasteiger partial charge in [-0.2, -0.15) is 0 Å². The molecule has 0 radical (unpaired) electrons. The van der Waals surface area contributed by atoms with Crippen LogP contribution in [0.5, 0.6) is 23.0 Å². The number of carbonyl (C=O) groups excluding carboxylic acids is 1. The molecule has 158 valence electrons. The number of rotatable bonds is 7. The van der Waals surface area contributed by atoms with E-state index in [2.05, 4.69) is 4.99 Å².